The number of hydrogen-bond donors (Lipinski definition) is 0. The van der Waals surface area contributed by atoms with Crippen LogP contribution in [0.15, 0.2) is 4.99 Å². The van der Waals surface area contributed by atoms with Crippen LogP contribution in [0.4, 0.5) is 0 Å². The van der Waals surface area contributed by atoms with Crippen molar-refractivity contribution in [2.24, 2.45) is 4.99 Å². The second-order valence-electron chi connectivity index (χ2n) is 7.22. The summed E-state index contributed by atoms with van der Waals surface area (Å²) in [4.78, 5) is 10.2. The van der Waals surface area contributed by atoms with Crippen molar-refractivity contribution in [3.05, 3.63) is 0 Å². The standard InChI is InChI=1S/C18H33N3O/c1-20(17-10-6-3-7-11-17)18(21-12-14-22-15-13-21)19-16-8-4-2-5-9-16/h16-17H,2-15H2,1H3/b19-18-. The van der Waals surface area contributed by atoms with Crippen LogP contribution in [0.25, 0.3) is 0 Å². The third-order valence-corrected chi connectivity index (χ3v) is 5.60. The van der Waals surface area contributed by atoms with Gasteiger partial charge in [0, 0.05) is 26.2 Å². The van der Waals surface area contributed by atoms with Crippen LogP contribution >= 0.6 is 0 Å². The van der Waals surface area contributed by atoms with E-state index in [4.69, 9.17) is 9.73 Å². The third-order valence-electron chi connectivity index (χ3n) is 5.60. The smallest absolute Gasteiger partial charge is 0.197 e. The summed E-state index contributed by atoms with van der Waals surface area (Å²) in [5.74, 6) is 1.27. The van der Waals surface area contributed by atoms with E-state index in [-0.39, 0.29) is 0 Å². The Balaban J connectivity index is 1.72. The topological polar surface area (TPSA) is 28.1 Å². The molecule has 0 aromatic carbocycles. The van der Waals surface area contributed by atoms with E-state index in [1.54, 1.807) is 0 Å². The first-order chi connectivity index (χ1) is 10.8. The first kappa shape index (κ1) is 16.1. The van der Waals surface area contributed by atoms with Crippen molar-refractivity contribution in [2.45, 2.75) is 76.3 Å². The van der Waals surface area contributed by atoms with Crippen LogP contribution in [0.3, 0.4) is 0 Å². The van der Waals surface area contributed by atoms with Gasteiger partial charge in [0.25, 0.3) is 0 Å². The van der Waals surface area contributed by atoms with Crippen LogP contribution in [0.5, 0.6) is 0 Å². The number of hydrogen-bond acceptors (Lipinski definition) is 2. The van der Waals surface area contributed by atoms with Gasteiger partial charge in [0.15, 0.2) is 5.96 Å². The lowest BCUT2D eigenvalue weighted by molar-refractivity contribution is 0.0602. The summed E-state index contributed by atoms with van der Waals surface area (Å²) >= 11 is 0. The number of rotatable bonds is 2. The van der Waals surface area contributed by atoms with E-state index in [0.717, 1.165) is 26.3 Å². The Bertz CT molecular complexity index is 353. The predicted octanol–water partition coefficient (Wildman–Crippen LogP) is 3.27. The molecule has 4 heteroatoms. The van der Waals surface area contributed by atoms with Crippen molar-refractivity contribution in [3.8, 4) is 0 Å². The number of nitrogens with zero attached hydrogens (tertiary/aromatic N) is 3. The second kappa shape index (κ2) is 8.19. The highest BCUT2D eigenvalue weighted by Crippen LogP contribution is 2.25. The zero-order valence-corrected chi connectivity index (χ0v) is 14.3. The maximum absolute atomic E-state index is 5.55. The Hall–Kier alpha value is -0.770. The van der Waals surface area contributed by atoms with E-state index in [1.165, 1.54) is 70.2 Å². The average molecular weight is 307 g/mol. The molecule has 4 nitrogen and oxygen atoms in total. The van der Waals surface area contributed by atoms with Crippen LogP contribution in [0, 0.1) is 0 Å². The van der Waals surface area contributed by atoms with E-state index >= 15 is 0 Å². The monoisotopic (exact) mass is 307 g/mol. The molecule has 0 aromatic heterocycles. The predicted molar refractivity (Wildman–Crippen MR) is 91.3 cm³/mol. The summed E-state index contributed by atoms with van der Waals surface area (Å²) in [6, 6.07) is 1.25. The van der Waals surface area contributed by atoms with Crippen molar-refractivity contribution in [2.75, 3.05) is 33.4 Å². The maximum Gasteiger partial charge on any atom is 0.197 e. The molecule has 1 aliphatic heterocycles. The molecule has 3 rings (SSSR count). The Morgan fingerprint density at radius 1 is 0.909 bits per heavy atom. The highest BCUT2D eigenvalue weighted by Gasteiger charge is 2.26. The maximum atomic E-state index is 5.55. The van der Waals surface area contributed by atoms with Crippen molar-refractivity contribution in [3.63, 3.8) is 0 Å². The number of guanidine groups is 1. The molecular formula is C18H33N3O. The molecule has 126 valence electrons. The molecule has 0 atom stereocenters. The highest BCUT2D eigenvalue weighted by atomic mass is 16.5. The van der Waals surface area contributed by atoms with Gasteiger partial charge in [-0.25, -0.2) is 4.99 Å². The van der Waals surface area contributed by atoms with Crippen LogP contribution in [-0.2, 0) is 4.74 Å². The fourth-order valence-corrected chi connectivity index (χ4v) is 4.16. The summed E-state index contributed by atoms with van der Waals surface area (Å²) in [6.07, 6.45) is 13.5. The SMILES string of the molecule is CN(/C(=N/C1CCCCC1)N1CCOCC1)C1CCCCC1. The summed E-state index contributed by atoms with van der Waals surface area (Å²) in [5.41, 5.74) is 0. The molecular weight excluding hydrogens is 274 g/mol. The molecule has 0 radical (unpaired) electrons. The van der Waals surface area contributed by atoms with Crippen LogP contribution in [0.2, 0.25) is 0 Å². The normalized spacial score (nSPS) is 26.2. The van der Waals surface area contributed by atoms with Gasteiger partial charge in [-0.1, -0.05) is 38.5 Å². The minimum atomic E-state index is 0.553. The molecule has 3 fully saturated rings. The summed E-state index contributed by atoms with van der Waals surface area (Å²) < 4.78 is 5.55. The van der Waals surface area contributed by atoms with E-state index in [1.807, 2.05) is 0 Å². The van der Waals surface area contributed by atoms with Gasteiger partial charge in [-0.3, -0.25) is 0 Å². The van der Waals surface area contributed by atoms with Crippen molar-refractivity contribution < 1.29 is 4.74 Å². The van der Waals surface area contributed by atoms with Crippen LogP contribution in [-0.4, -0.2) is 61.2 Å². The largest absolute Gasteiger partial charge is 0.378 e. The van der Waals surface area contributed by atoms with Crippen molar-refractivity contribution >= 4 is 5.96 Å². The van der Waals surface area contributed by atoms with Gasteiger partial charge in [0.2, 0.25) is 0 Å². The molecule has 0 bridgehead atoms. The van der Waals surface area contributed by atoms with Crippen molar-refractivity contribution in [1.29, 1.82) is 0 Å². The molecule has 0 unspecified atom stereocenters. The zero-order valence-electron chi connectivity index (χ0n) is 14.3. The minimum Gasteiger partial charge on any atom is -0.378 e. The van der Waals surface area contributed by atoms with E-state index < -0.39 is 0 Å². The lowest BCUT2D eigenvalue weighted by Gasteiger charge is -2.40. The summed E-state index contributed by atoms with van der Waals surface area (Å²) in [6.45, 7) is 3.70. The quantitative estimate of drug-likeness (QED) is 0.579. The van der Waals surface area contributed by atoms with E-state index in [2.05, 4.69) is 16.8 Å². The summed E-state index contributed by atoms with van der Waals surface area (Å²) in [5, 5.41) is 0. The minimum absolute atomic E-state index is 0.553. The van der Waals surface area contributed by atoms with Gasteiger partial charge in [-0.2, -0.15) is 0 Å². The van der Waals surface area contributed by atoms with Gasteiger partial charge in [0.1, 0.15) is 0 Å². The number of aliphatic imine (C=N–C) groups is 1. The molecule has 22 heavy (non-hydrogen) atoms. The number of morpholine rings is 1. The lowest BCUT2D eigenvalue weighted by Crippen LogP contribution is -2.51. The molecule has 1 heterocycles. The molecule has 0 amide bonds. The molecule has 1 saturated heterocycles. The fraction of sp³-hybridized carbons (Fsp3) is 0.944. The Morgan fingerprint density at radius 3 is 2.14 bits per heavy atom. The Kier molecular flexibility index (Phi) is 5.99. The molecule has 2 saturated carbocycles. The summed E-state index contributed by atoms with van der Waals surface area (Å²) in [7, 11) is 2.28. The van der Waals surface area contributed by atoms with Crippen molar-refractivity contribution in [1.82, 2.24) is 9.80 Å². The van der Waals surface area contributed by atoms with Gasteiger partial charge < -0.3 is 14.5 Å². The van der Waals surface area contributed by atoms with Gasteiger partial charge >= 0.3 is 0 Å². The molecule has 0 N–H and O–H groups in total. The fourth-order valence-electron chi connectivity index (χ4n) is 4.16. The van der Waals surface area contributed by atoms with Crippen LogP contribution in [0.1, 0.15) is 64.2 Å². The average Bonchev–Trinajstić information content (AvgIpc) is 2.61. The highest BCUT2D eigenvalue weighted by molar-refractivity contribution is 5.80. The first-order valence-electron chi connectivity index (χ1n) is 9.48. The Morgan fingerprint density at radius 2 is 1.50 bits per heavy atom. The zero-order chi connectivity index (χ0) is 15.2. The molecule has 0 aromatic rings. The van der Waals surface area contributed by atoms with Gasteiger partial charge in [-0.15, -0.1) is 0 Å². The second-order valence-corrected chi connectivity index (χ2v) is 7.22. The molecule has 3 aliphatic rings. The first-order valence-corrected chi connectivity index (χ1v) is 9.48. The van der Waals surface area contributed by atoms with Gasteiger partial charge in [-0.05, 0) is 25.7 Å². The molecule has 2 aliphatic carbocycles. The van der Waals surface area contributed by atoms with Crippen LogP contribution < -0.4 is 0 Å². The third kappa shape index (κ3) is 4.15. The lowest BCUT2D eigenvalue weighted by atomic mass is 9.94. The Labute approximate surface area is 135 Å². The molecule has 0 spiro atoms. The number of ether oxygens (including phenoxy) is 1. The van der Waals surface area contributed by atoms with Gasteiger partial charge in [0.05, 0.1) is 19.3 Å². The van der Waals surface area contributed by atoms with E-state index in [9.17, 15) is 0 Å². The van der Waals surface area contributed by atoms with E-state index in [0.29, 0.717) is 12.1 Å².